The van der Waals surface area contributed by atoms with E-state index in [2.05, 4.69) is 11.1 Å². The number of imide groups is 1. The number of urea groups is 1. The summed E-state index contributed by atoms with van der Waals surface area (Å²) in [6, 6.07) is -0.994. The van der Waals surface area contributed by atoms with Crippen LogP contribution in [-0.4, -0.2) is 36.3 Å². The van der Waals surface area contributed by atoms with Crippen LogP contribution in [0.2, 0.25) is 0 Å². The molecule has 15 heavy (non-hydrogen) atoms. The molecule has 0 aliphatic carbocycles. The minimum absolute atomic E-state index is 0.0103. The first-order chi connectivity index (χ1) is 6.81. The van der Waals surface area contributed by atoms with E-state index in [1.54, 1.807) is 5.32 Å². The van der Waals surface area contributed by atoms with Crippen molar-refractivity contribution in [2.75, 3.05) is 18.8 Å². The molecule has 0 heterocycles. The fraction of sp³-hybridized carbons (Fsp3) is 0.667. The first-order valence-electron chi connectivity index (χ1n) is 3.82. The Morgan fingerprint density at radius 1 is 1.33 bits per heavy atom. The third kappa shape index (κ3) is 11.0. The second-order valence-electron chi connectivity index (χ2n) is 2.38. The molecule has 5 nitrogen and oxygen atoms in total. The van der Waals surface area contributed by atoms with Gasteiger partial charge in [0, 0.05) is 12.3 Å². The van der Waals surface area contributed by atoms with Gasteiger partial charge in [-0.05, 0) is 11.8 Å². The molecule has 0 unspecified atom stereocenters. The Kier molecular flexibility index (Phi) is 6.09. The first kappa shape index (κ1) is 14.0. The van der Waals surface area contributed by atoms with Gasteiger partial charge in [-0.15, -0.1) is 0 Å². The van der Waals surface area contributed by atoms with Crippen LogP contribution in [-0.2, 0) is 4.79 Å². The number of nitrogens with one attached hydrogen (secondary N) is 2. The van der Waals surface area contributed by atoms with E-state index < -0.39 is 17.4 Å². The molecule has 0 fully saturated rings. The largest absolute Gasteiger partial charge is 0.441 e. The average molecular weight is 245 g/mol. The SMILES string of the molecule is NC(=O)NC(=O)CNCCSC(F)(F)F. The highest BCUT2D eigenvalue weighted by Crippen LogP contribution is 2.29. The van der Waals surface area contributed by atoms with Crippen molar-refractivity contribution in [1.82, 2.24) is 10.6 Å². The number of rotatable bonds is 5. The number of carbonyl (C=O) groups excluding carboxylic acids is 2. The van der Waals surface area contributed by atoms with Gasteiger partial charge in [0.25, 0.3) is 0 Å². The van der Waals surface area contributed by atoms with E-state index in [0.717, 1.165) is 0 Å². The smallest absolute Gasteiger partial charge is 0.351 e. The fourth-order valence-corrected chi connectivity index (χ4v) is 1.10. The van der Waals surface area contributed by atoms with Crippen LogP contribution in [0.1, 0.15) is 0 Å². The Morgan fingerprint density at radius 3 is 2.40 bits per heavy atom. The van der Waals surface area contributed by atoms with Crippen LogP contribution in [0.15, 0.2) is 0 Å². The maximum absolute atomic E-state index is 11.6. The molecular weight excluding hydrogens is 235 g/mol. The van der Waals surface area contributed by atoms with Crippen molar-refractivity contribution in [3.05, 3.63) is 0 Å². The predicted molar refractivity (Wildman–Crippen MR) is 49.1 cm³/mol. The molecule has 0 aliphatic heterocycles. The van der Waals surface area contributed by atoms with Gasteiger partial charge in [0.15, 0.2) is 0 Å². The van der Waals surface area contributed by atoms with Gasteiger partial charge in [0.2, 0.25) is 5.91 Å². The van der Waals surface area contributed by atoms with E-state index in [4.69, 9.17) is 0 Å². The van der Waals surface area contributed by atoms with Gasteiger partial charge in [-0.1, -0.05) is 0 Å². The van der Waals surface area contributed by atoms with Gasteiger partial charge in [-0.2, -0.15) is 13.2 Å². The fourth-order valence-electron chi connectivity index (χ4n) is 0.622. The van der Waals surface area contributed by atoms with Crippen LogP contribution >= 0.6 is 11.8 Å². The Labute approximate surface area is 87.9 Å². The number of hydrogen-bond acceptors (Lipinski definition) is 4. The minimum atomic E-state index is -4.27. The maximum Gasteiger partial charge on any atom is 0.441 e. The van der Waals surface area contributed by atoms with Crippen LogP contribution in [0, 0.1) is 0 Å². The number of halogens is 3. The summed E-state index contributed by atoms with van der Waals surface area (Å²) < 4.78 is 34.8. The third-order valence-electron chi connectivity index (χ3n) is 1.09. The molecule has 0 aromatic carbocycles. The molecule has 0 bridgehead atoms. The van der Waals surface area contributed by atoms with Gasteiger partial charge in [0.1, 0.15) is 0 Å². The van der Waals surface area contributed by atoms with Crippen molar-refractivity contribution in [1.29, 1.82) is 0 Å². The Morgan fingerprint density at radius 2 is 1.93 bits per heavy atom. The third-order valence-corrected chi connectivity index (χ3v) is 1.83. The van der Waals surface area contributed by atoms with Crippen LogP contribution in [0.25, 0.3) is 0 Å². The second-order valence-corrected chi connectivity index (χ2v) is 3.54. The molecule has 88 valence electrons. The maximum atomic E-state index is 11.6. The van der Waals surface area contributed by atoms with Crippen LogP contribution in [0.4, 0.5) is 18.0 Å². The van der Waals surface area contributed by atoms with Gasteiger partial charge in [-0.25, -0.2) is 4.79 Å². The van der Waals surface area contributed by atoms with Crippen molar-refractivity contribution in [2.45, 2.75) is 5.51 Å². The highest BCUT2D eigenvalue weighted by atomic mass is 32.2. The molecule has 4 N–H and O–H groups in total. The molecule has 0 aromatic heterocycles. The zero-order chi connectivity index (χ0) is 11.9. The van der Waals surface area contributed by atoms with Crippen LogP contribution < -0.4 is 16.4 Å². The number of hydrogen-bond donors (Lipinski definition) is 3. The summed E-state index contributed by atoms with van der Waals surface area (Å²) in [5.41, 5.74) is 0.363. The van der Waals surface area contributed by atoms with Crippen molar-refractivity contribution in [3.8, 4) is 0 Å². The Bertz CT molecular complexity index is 234. The van der Waals surface area contributed by atoms with Gasteiger partial charge in [0.05, 0.1) is 6.54 Å². The van der Waals surface area contributed by atoms with Crippen molar-refractivity contribution in [2.24, 2.45) is 5.73 Å². The zero-order valence-electron chi connectivity index (χ0n) is 7.56. The van der Waals surface area contributed by atoms with E-state index in [0.29, 0.717) is 0 Å². The number of alkyl halides is 3. The second kappa shape index (κ2) is 6.51. The molecule has 0 saturated carbocycles. The number of thioether (sulfide) groups is 1. The van der Waals surface area contributed by atoms with E-state index in [1.165, 1.54) is 0 Å². The topological polar surface area (TPSA) is 84.2 Å². The predicted octanol–water partition coefficient (Wildman–Crippen LogP) is 0.0239. The quantitative estimate of drug-likeness (QED) is 0.596. The highest BCUT2D eigenvalue weighted by Gasteiger charge is 2.27. The molecule has 0 spiro atoms. The van der Waals surface area contributed by atoms with E-state index in [9.17, 15) is 22.8 Å². The lowest BCUT2D eigenvalue weighted by atomic mass is 10.5. The van der Waals surface area contributed by atoms with Crippen molar-refractivity contribution in [3.63, 3.8) is 0 Å². The van der Waals surface area contributed by atoms with E-state index >= 15 is 0 Å². The molecule has 0 saturated heterocycles. The van der Waals surface area contributed by atoms with Gasteiger partial charge in [-0.3, -0.25) is 10.1 Å². The minimum Gasteiger partial charge on any atom is -0.351 e. The summed E-state index contributed by atoms with van der Waals surface area (Å²) in [4.78, 5) is 20.8. The molecule has 0 atom stereocenters. The van der Waals surface area contributed by atoms with Gasteiger partial charge < -0.3 is 11.1 Å². The first-order valence-corrected chi connectivity index (χ1v) is 4.80. The summed E-state index contributed by atoms with van der Waals surface area (Å²) >= 11 is -0.187. The van der Waals surface area contributed by atoms with Gasteiger partial charge >= 0.3 is 11.5 Å². The molecule has 3 amide bonds. The summed E-state index contributed by atoms with van der Waals surface area (Å²) in [5, 5.41) is 4.18. The monoisotopic (exact) mass is 245 g/mol. The Balaban J connectivity index is 3.39. The summed E-state index contributed by atoms with van der Waals surface area (Å²) in [7, 11) is 0. The summed E-state index contributed by atoms with van der Waals surface area (Å²) in [5.74, 6) is -0.882. The zero-order valence-corrected chi connectivity index (χ0v) is 8.37. The van der Waals surface area contributed by atoms with Crippen molar-refractivity contribution < 1.29 is 22.8 Å². The van der Waals surface area contributed by atoms with Crippen molar-refractivity contribution >= 4 is 23.7 Å². The normalized spacial score (nSPS) is 11.1. The number of carbonyl (C=O) groups is 2. The van der Waals surface area contributed by atoms with Crippen LogP contribution in [0.3, 0.4) is 0 Å². The summed E-state index contributed by atoms with van der Waals surface area (Å²) in [6.45, 7) is -0.238. The number of primary amides is 1. The molecule has 0 aromatic rings. The van der Waals surface area contributed by atoms with E-state index in [-0.39, 0.29) is 30.6 Å². The number of nitrogens with two attached hydrogens (primary N) is 1. The highest BCUT2D eigenvalue weighted by molar-refractivity contribution is 8.00. The molecule has 0 radical (unpaired) electrons. The standard InChI is InChI=1S/C6H10F3N3O2S/c7-6(8,9)15-2-1-11-3-4(13)12-5(10)14/h11H,1-3H2,(H3,10,12,13,14). The van der Waals surface area contributed by atoms with Crippen LogP contribution in [0.5, 0.6) is 0 Å². The Hall–Kier alpha value is -0.960. The molecule has 9 heteroatoms. The molecule has 0 aliphatic rings. The average Bonchev–Trinajstić information content (AvgIpc) is 1.99. The molecule has 0 rings (SSSR count). The lowest BCUT2D eigenvalue weighted by molar-refractivity contribution is -0.119. The molecular formula is C6H10F3N3O2S. The lowest BCUT2D eigenvalue weighted by Gasteiger charge is -2.06. The lowest BCUT2D eigenvalue weighted by Crippen LogP contribution is -2.41. The van der Waals surface area contributed by atoms with E-state index in [1.807, 2.05) is 0 Å². The summed E-state index contributed by atoms with van der Waals surface area (Å²) in [6.07, 6.45) is 0. The number of amides is 3.